The van der Waals surface area contributed by atoms with Crippen molar-refractivity contribution >= 4 is 39.9 Å². The number of amides is 1. The van der Waals surface area contributed by atoms with Crippen LogP contribution in [0.15, 0.2) is 12.5 Å². The number of ether oxygens (including phenoxy) is 1. The van der Waals surface area contributed by atoms with Crippen molar-refractivity contribution in [1.82, 2.24) is 14.9 Å². The molecule has 0 bridgehead atoms. The summed E-state index contributed by atoms with van der Waals surface area (Å²) in [5.74, 6) is 0. The van der Waals surface area contributed by atoms with Gasteiger partial charge in [0.1, 0.15) is 11.2 Å². The molecular weight excluding hydrogens is 250 g/mol. The topological polar surface area (TPSA) is 55.3 Å². The number of carbonyl (C=O) groups is 1. The Morgan fingerprint density at radius 1 is 1.61 bits per heavy atom. The van der Waals surface area contributed by atoms with Gasteiger partial charge in [0.25, 0.3) is 0 Å². The molecule has 3 heterocycles. The van der Waals surface area contributed by atoms with Crippen LogP contribution in [0.3, 0.4) is 0 Å². The fourth-order valence-corrected chi connectivity index (χ4v) is 2.96. The third-order valence-electron chi connectivity index (χ3n) is 2.71. The Labute approximate surface area is 107 Å². The third kappa shape index (κ3) is 1.74. The van der Waals surface area contributed by atoms with E-state index in [2.05, 4.69) is 9.97 Å². The monoisotopic (exact) mass is 261 g/mol. The number of fused-ring (bicyclic) bond motifs is 3. The van der Waals surface area contributed by atoms with Crippen LogP contribution < -0.4 is 9.75 Å². The van der Waals surface area contributed by atoms with Gasteiger partial charge in [-0.25, -0.2) is 14.8 Å². The normalized spacial score (nSPS) is 13.7. The van der Waals surface area contributed by atoms with E-state index in [1.807, 2.05) is 18.5 Å². The highest BCUT2D eigenvalue weighted by Crippen LogP contribution is 2.09. The lowest BCUT2D eigenvalue weighted by Gasteiger charge is -2.17. The van der Waals surface area contributed by atoms with Crippen molar-refractivity contribution in [2.45, 2.75) is 6.92 Å². The highest BCUT2D eigenvalue weighted by molar-refractivity contribution is 7.16. The molecule has 0 unspecified atom stereocenters. The SMILES string of the molecule is CCOC(=O)N1C=c2sc3ncncc3c2=CC1. The summed E-state index contributed by atoms with van der Waals surface area (Å²) in [6.07, 6.45) is 6.85. The Bertz CT molecular complexity index is 722. The number of nitrogens with zero attached hydrogens (tertiary/aromatic N) is 3. The second-order valence-corrected chi connectivity index (χ2v) is 4.84. The molecule has 0 saturated carbocycles. The van der Waals surface area contributed by atoms with Gasteiger partial charge in [-0.3, -0.25) is 4.90 Å². The molecule has 0 aliphatic carbocycles. The van der Waals surface area contributed by atoms with Crippen LogP contribution in [-0.2, 0) is 4.74 Å². The molecule has 0 N–H and O–H groups in total. The van der Waals surface area contributed by atoms with Gasteiger partial charge in [-0.1, -0.05) is 6.08 Å². The Balaban J connectivity index is 2.10. The summed E-state index contributed by atoms with van der Waals surface area (Å²) in [7, 11) is 0. The summed E-state index contributed by atoms with van der Waals surface area (Å²) in [6.45, 7) is 2.70. The van der Waals surface area contributed by atoms with Gasteiger partial charge in [0, 0.05) is 29.5 Å². The van der Waals surface area contributed by atoms with E-state index in [4.69, 9.17) is 4.74 Å². The largest absolute Gasteiger partial charge is 0.449 e. The number of thiophene rings is 1. The Morgan fingerprint density at radius 2 is 2.50 bits per heavy atom. The van der Waals surface area contributed by atoms with Crippen LogP contribution in [0, 0.1) is 0 Å². The Morgan fingerprint density at radius 3 is 3.33 bits per heavy atom. The molecule has 0 saturated heterocycles. The fraction of sp³-hybridized carbons (Fsp3) is 0.250. The zero-order valence-electron chi connectivity index (χ0n) is 9.79. The standard InChI is InChI=1S/C12H11N3O2S/c1-2-17-12(16)15-4-3-8-9-5-13-7-14-11(9)18-10(8)6-15/h3,5-7H,2,4H2,1H3. The maximum Gasteiger partial charge on any atom is 0.414 e. The molecule has 0 spiro atoms. The van der Waals surface area contributed by atoms with Crippen LogP contribution in [0.2, 0.25) is 0 Å². The zero-order chi connectivity index (χ0) is 12.5. The predicted octanol–water partition coefficient (Wildman–Crippen LogP) is 0.682. The maximum atomic E-state index is 11.7. The van der Waals surface area contributed by atoms with Crippen molar-refractivity contribution in [1.29, 1.82) is 0 Å². The molecule has 1 aliphatic heterocycles. The number of hydrogen-bond donors (Lipinski definition) is 0. The van der Waals surface area contributed by atoms with Gasteiger partial charge in [-0.05, 0) is 6.92 Å². The van der Waals surface area contributed by atoms with Crippen LogP contribution in [0.25, 0.3) is 22.5 Å². The minimum atomic E-state index is -0.317. The van der Waals surface area contributed by atoms with E-state index in [1.165, 1.54) is 6.33 Å². The second-order valence-electron chi connectivity index (χ2n) is 3.81. The summed E-state index contributed by atoms with van der Waals surface area (Å²) >= 11 is 1.55. The van der Waals surface area contributed by atoms with E-state index in [1.54, 1.807) is 23.2 Å². The van der Waals surface area contributed by atoms with Gasteiger partial charge in [0.05, 0.1) is 11.1 Å². The molecule has 0 fully saturated rings. The molecule has 0 atom stereocenters. The minimum Gasteiger partial charge on any atom is -0.449 e. The Kier molecular flexibility index (Phi) is 2.71. The maximum absolute atomic E-state index is 11.7. The van der Waals surface area contributed by atoms with Crippen LogP contribution >= 0.6 is 11.3 Å². The number of aromatic nitrogens is 2. The molecule has 3 rings (SSSR count). The molecule has 1 aliphatic rings. The van der Waals surface area contributed by atoms with E-state index >= 15 is 0 Å². The predicted molar refractivity (Wildman–Crippen MR) is 69.3 cm³/mol. The van der Waals surface area contributed by atoms with Crippen molar-refractivity contribution < 1.29 is 9.53 Å². The average molecular weight is 261 g/mol. The first kappa shape index (κ1) is 11.2. The van der Waals surface area contributed by atoms with Crippen molar-refractivity contribution in [3.05, 3.63) is 22.3 Å². The quantitative estimate of drug-likeness (QED) is 0.757. The number of carbonyl (C=O) groups excluding carboxylic acids is 1. The molecule has 1 amide bonds. The lowest BCUT2D eigenvalue weighted by Crippen LogP contribution is -2.36. The number of rotatable bonds is 1. The molecule has 6 heteroatoms. The smallest absolute Gasteiger partial charge is 0.414 e. The first-order chi connectivity index (χ1) is 8.79. The summed E-state index contributed by atoms with van der Waals surface area (Å²) in [4.78, 5) is 22.4. The summed E-state index contributed by atoms with van der Waals surface area (Å²) in [6, 6.07) is 0. The van der Waals surface area contributed by atoms with Gasteiger partial charge < -0.3 is 4.74 Å². The molecule has 18 heavy (non-hydrogen) atoms. The van der Waals surface area contributed by atoms with Crippen molar-refractivity contribution in [2.75, 3.05) is 13.2 Å². The van der Waals surface area contributed by atoms with Crippen LogP contribution in [-0.4, -0.2) is 34.1 Å². The van der Waals surface area contributed by atoms with E-state index in [9.17, 15) is 4.79 Å². The highest BCUT2D eigenvalue weighted by Gasteiger charge is 2.15. The van der Waals surface area contributed by atoms with Crippen molar-refractivity contribution in [2.24, 2.45) is 0 Å². The lowest BCUT2D eigenvalue weighted by atomic mass is 10.2. The van der Waals surface area contributed by atoms with Gasteiger partial charge in [-0.15, -0.1) is 11.3 Å². The minimum absolute atomic E-state index is 0.317. The van der Waals surface area contributed by atoms with Crippen LogP contribution in [0.4, 0.5) is 4.79 Å². The molecule has 2 aromatic heterocycles. The molecule has 0 radical (unpaired) electrons. The summed E-state index contributed by atoms with van der Waals surface area (Å²) < 4.78 is 6.00. The molecule has 0 aromatic carbocycles. The van der Waals surface area contributed by atoms with E-state index in [0.29, 0.717) is 13.2 Å². The van der Waals surface area contributed by atoms with Crippen molar-refractivity contribution in [3.63, 3.8) is 0 Å². The lowest BCUT2D eigenvalue weighted by molar-refractivity contribution is 0.130. The second kappa shape index (κ2) is 4.38. The first-order valence-electron chi connectivity index (χ1n) is 5.63. The highest BCUT2D eigenvalue weighted by atomic mass is 32.1. The van der Waals surface area contributed by atoms with Gasteiger partial charge in [0.15, 0.2) is 0 Å². The first-order valence-corrected chi connectivity index (χ1v) is 6.45. The summed E-state index contributed by atoms with van der Waals surface area (Å²) in [5, 5.41) is 2.15. The van der Waals surface area contributed by atoms with Crippen LogP contribution in [0.1, 0.15) is 6.92 Å². The van der Waals surface area contributed by atoms with Crippen LogP contribution in [0.5, 0.6) is 0 Å². The van der Waals surface area contributed by atoms with Gasteiger partial charge in [-0.2, -0.15) is 0 Å². The van der Waals surface area contributed by atoms with E-state index < -0.39 is 0 Å². The van der Waals surface area contributed by atoms with Gasteiger partial charge in [0.2, 0.25) is 0 Å². The molecule has 2 aromatic rings. The zero-order valence-corrected chi connectivity index (χ0v) is 10.6. The van der Waals surface area contributed by atoms with E-state index in [0.717, 1.165) is 20.0 Å². The van der Waals surface area contributed by atoms with E-state index in [-0.39, 0.29) is 6.09 Å². The molecule has 5 nitrogen and oxygen atoms in total. The molecular formula is C12H11N3O2S. The van der Waals surface area contributed by atoms with Crippen molar-refractivity contribution in [3.8, 4) is 0 Å². The number of hydrogen-bond acceptors (Lipinski definition) is 5. The van der Waals surface area contributed by atoms with Gasteiger partial charge >= 0.3 is 6.09 Å². The summed E-state index contributed by atoms with van der Waals surface area (Å²) in [5.41, 5.74) is 0. The Hall–Kier alpha value is -1.95. The molecule has 92 valence electrons. The fourth-order valence-electron chi connectivity index (χ4n) is 1.90. The average Bonchev–Trinajstić information content (AvgIpc) is 2.76. The third-order valence-corrected chi connectivity index (χ3v) is 3.77.